The van der Waals surface area contributed by atoms with Crippen LogP contribution in [0.25, 0.3) is 0 Å². The first-order chi connectivity index (χ1) is 11.4. The minimum Gasteiger partial charge on any atom is -0.492 e. The Bertz CT molecular complexity index is 596. The number of carbonyl (C=O) groups is 2. The van der Waals surface area contributed by atoms with Gasteiger partial charge in [0.25, 0.3) is 0 Å². The van der Waals surface area contributed by atoms with E-state index in [0.717, 1.165) is 23.4 Å². The molecule has 0 unspecified atom stereocenters. The maximum absolute atomic E-state index is 12.3. The van der Waals surface area contributed by atoms with Gasteiger partial charge in [0.15, 0.2) is 0 Å². The minimum absolute atomic E-state index is 0.0188. The maximum atomic E-state index is 12.3. The highest BCUT2D eigenvalue weighted by Gasteiger charge is 2.26. The van der Waals surface area contributed by atoms with Crippen LogP contribution in [0.15, 0.2) is 18.2 Å². The van der Waals surface area contributed by atoms with Crippen LogP contribution < -0.4 is 15.4 Å². The summed E-state index contributed by atoms with van der Waals surface area (Å²) in [7, 11) is 0. The fourth-order valence-corrected chi connectivity index (χ4v) is 2.56. The van der Waals surface area contributed by atoms with Gasteiger partial charge in [-0.15, -0.1) is 0 Å². The van der Waals surface area contributed by atoms with Crippen molar-refractivity contribution in [1.29, 1.82) is 0 Å². The van der Waals surface area contributed by atoms with Crippen LogP contribution in [0.1, 0.15) is 39.7 Å². The van der Waals surface area contributed by atoms with Crippen molar-refractivity contribution >= 4 is 17.5 Å². The van der Waals surface area contributed by atoms with Gasteiger partial charge in [-0.25, -0.2) is 0 Å². The average molecular weight is 332 g/mol. The summed E-state index contributed by atoms with van der Waals surface area (Å²) in [6.07, 6.45) is 1.61. The molecular formula is C19H28N2O3. The standard InChI is InChI=1S/C19H28N2O3/c1-12(2)7-8-20-19(23)15-9-14-10-16(21-18(22)13(3)4)5-6-17(14)24-11-15/h5-6,10,12-13,15H,7-9,11H2,1-4H3,(H,20,23)(H,21,22)/t15-/m0/s1. The molecule has 5 heteroatoms. The van der Waals surface area contributed by atoms with Crippen LogP contribution in [-0.4, -0.2) is 25.0 Å². The second kappa shape index (κ2) is 8.18. The molecule has 1 aromatic rings. The first-order valence-electron chi connectivity index (χ1n) is 8.71. The van der Waals surface area contributed by atoms with Crippen molar-refractivity contribution in [3.05, 3.63) is 23.8 Å². The molecule has 1 atom stereocenters. The van der Waals surface area contributed by atoms with Gasteiger partial charge in [-0.1, -0.05) is 27.7 Å². The fourth-order valence-electron chi connectivity index (χ4n) is 2.56. The Morgan fingerprint density at radius 1 is 1.25 bits per heavy atom. The van der Waals surface area contributed by atoms with Crippen molar-refractivity contribution in [3.63, 3.8) is 0 Å². The molecule has 0 fully saturated rings. The van der Waals surface area contributed by atoms with Gasteiger partial charge in [-0.05, 0) is 42.5 Å². The van der Waals surface area contributed by atoms with E-state index >= 15 is 0 Å². The first kappa shape index (κ1) is 18.3. The molecule has 1 aliphatic rings. The van der Waals surface area contributed by atoms with Crippen molar-refractivity contribution in [2.24, 2.45) is 17.8 Å². The van der Waals surface area contributed by atoms with Gasteiger partial charge in [-0.3, -0.25) is 9.59 Å². The molecule has 0 radical (unpaired) electrons. The number of amides is 2. The summed E-state index contributed by atoms with van der Waals surface area (Å²) < 4.78 is 5.72. The summed E-state index contributed by atoms with van der Waals surface area (Å²) in [5.74, 6) is 1.13. The zero-order chi connectivity index (χ0) is 17.7. The number of carbonyl (C=O) groups excluding carboxylic acids is 2. The van der Waals surface area contributed by atoms with Gasteiger partial charge < -0.3 is 15.4 Å². The molecule has 1 heterocycles. The van der Waals surface area contributed by atoms with E-state index in [1.807, 2.05) is 32.0 Å². The van der Waals surface area contributed by atoms with Gasteiger partial charge in [-0.2, -0.15) is 0 Å². The number of nitrogens with one attached hydrogen (secondary N) is 2. The van der Waals surface area contributed by atoms with Gasteiger partial charge in [0.1, 0.15) is 12.4 Å². The molecule has 1 aromatic carbocycles. The van der Waals surface area contributed by atoms with E-state index in [-0.39, 0.29) is 23.7 Å². The highest BCUT2D eigenvalue weighted by atomic mass is 16.5. The third kappa shape index (κ3) is 4.98. The lowest BCUT2D eigenvalue weighted by Gasteiger charge is -2.25. The van der Waals surface area contributed by atoms with E-state index in [2.05, 4.69) is 24.5 Å². The normalized spacial score (nSPS) is 16.5. The Morgan fingerprint density at radius 3 is 2.67 bits per heavy atom. The van der Waals surface area contributed by atoms with Crippen molar-refractivity contribution < 1.29 is 14.3 Å². The zero-order valence-electron chi connectivity index (χ0n) is 15.0. The molecule has 2 rings (SSSR count). The summed E-state index contributed by atoms with van der Waals surface area (Å²) in [6.45, 7) is 9.09. The van der Waals surface area contributed by atoms with Crippen molar-refractivity contribution in [3.8, 4) is 5.75 Å². The lowest BCUT2D eigenvalue weighted by molar-refractivity contribution is -0.126. The fraction of sp³-hybridized carbons (Fsp3) is 0.579. The zero-order valence-corrected chi connectivity index (χ0v) is 15.0. The molecule has 5 nitrogen and oxygen atoms in total. The third-order valence-corrected chi connectivity index (χ3v) is 4.15. The molecule has 132 valence electrons. The van der Waals surface area contributed by atoms with Crippen LogP contribution in [0.5, 0.6) is 5.75 Å². The van der Waals surface area contributed by atoms with E-state index in [1.54, 1.807) is 0 Å². The lowest BCUT2D eigenvalue weighted by Crippen LogP contribution is -2.38. The van der Waals surface area contributed by atoms with Crippen molar-refractivity contribution in [2.75, 3.05) is 18.5 Å². The summed E-state index contributed by atoms with van der Waals surface area (Å²) in [5.41, 5.74) is 1.71. The predicted molar refractivity (Wildman–Crippen MR) is 95.1 cm³/mol. The monoisotopic (exact) mass is 332 g/mol. The summed E-state index contributed by atoms with van der Waals surface area (Å²) >= 11 is 0. The maximum Gasteiger partial charge on any atom is 0.226 e. The Kier molecular flexibility index (Phi) is 6.23. The Balaban J connectivity index is 1.98. The number of anilines is 1. The average Bonchev–Trinajstić information content (AvgIpc) is 2.53. The van der Waals surface area contributed by atoms with Gasteiger partial charge in [0.2, 0.25) is 11.8 Å². The highest BCUT2D eigenvalue weighted by molar-refractivity contribution is 5.92. The van der Waals surface area contributed by atoms with Crippen LogP contribution in [-0.2, 0) is 16.0 Å². The molecule has 0 spiro atoms. The SMILES string of the molecule is CC(C)CCNC(=O)[C@@H]1COc2ccc(NC(=O)C(C)C)cc2C1. The van der Waals surface area contributed by atoms with E-state index in [4.69, 9.17) is 4.74 Å². The molecule has 0 bridgehead atoms. The predicted octanol–water partition coefficient (Wildman–Crippen LogP) is 2.99. The van der Waals surface area contributed by atoms with E-state index in [9.17, 15) is 9.59 Å². The van der Waals surface area contributed by atoms with Gasteiger partial charge in [0, 0.05) is 18.2 Å². The first-order valence-corrected chi connectivity index (χ1v) is 8.71. The van der Waals surface area contributed by atoms with Crippen LogP contribution in [0, 0.1) is 17.8 Å². The van der Waals surface area contributed by atoms with Crippen LogP contribution in [0.3, 0.4) is 0 Å². The Hall–Kier alpha value is -2.04. The van der Waals surface area contributed by atoms with Gasteiger partial charge in [0.05, 0.1) is 5.92 Å². The second-order valence-electron chi connectivity index (χ2n) is 7.15. The molecule has 0 saturated heterocycles. The van der Waals surface area contributed by atoms with E-state index in [1.165, 1.54) is 0 Å². The molecule has 2 N–H and O–H groups in total. The largest absolute Gasteiger partial charge is 0.492 e. The van der Waals surface area contributed by atoms with Crippen LogP contribution in [0.2, 0.25) is 0 Å². The molecule has 24 heavy (non-hydrogen) atoms. The summed E-state index contributed by atoms with van der Waals surface area (Å²) in [4.78, 5) is 24.1. The summed E-state index contributed by atoms with van der Waals surface area (Å²) in [6, 6.07) is 5.60. The van der Waals surface area contributed by atoms with E-state index in [0.29, 0.717) is 25.5 Å². The Morgan fingerprint density at radius 2 is 2.00 bits per heavy atom. The number of hydrogen-bond donors (Lipinski definition) is 2. The topological polar surface area (TPSA) is 67.4 Å². The summed E-state index contributed by atoms with van der Waals surface area (Å²) in [5, 5.41) is 5.87. The molecule has 1 aliphatic heterocycles. The second-order valence-corrected chi connectivity index (χ2v) is 7.15. The highest BCUT2D eigenvalue weighted by Crippen LogP contribution is 2.30. The quantitative estimate of drug-likeness (QED) is 0.841. The molecule has 2 amide bonds. The van der Waals surface area contributed by atoms with Crippen LogP contribution >= 0.6 is 0 Å². The number of hydrogen-bond acceptors (Lipinski definition) is 3. The number of benzene rings is 1. The number of ether oxygens (including phenoxy) is 1. The Labute approximate surface area is 144 Å². The molecule has 0 saturated carbocycles. The van der Waals surface area contributed by atoms with Crippen molar-refractivity contribution in [1.82, 2.24) is 5.32 Å². The number of fused-ring (bicyclic) bond motifs is 1. The smallest absolute Gasteiger partial charge is 0.226 e. The van der Waals surface area contributed by atoms with Crippen molar-refractivity contribution in [2.45, 2.75) is 40.5 Å². The molecular weight excluding hydrogens is 304 g/mol. The van der Waals surface area contributed by atoms with Crippen LogP contribution in [0.4, 0.5) is 5.69 Å². The van der Waals surface area contributed by atoms with Gasteiger partial charge >= 0.3 is 0 Å². The van der Waals surface area contributed by atoms with E-state index < -0.39 is 0 Å². The lowest BCUT2D eigenvalue weighted by atomic mass is 9.95. The molecule has 0 aliphatic carbocycles. The molecule has 0 aromatic heterocycles. The third-order valence-electron chi connectivity index (χ3n) is 4.15. The minimum atomic E-state index is -0.180. The number of rotatable bonds is 6.